The average molecular weight is 490 g/mol. The van der Waals surface area contributed by atoms with Crippen LogP contribution in [0.3, 0.4) is 0 Å². The zero-order valence-corrected chi connectivity index (χ0v) is 21.2. The number of hydrogen-bond acceptors (Lipinski definition) is 7. The number of carbonyl (C=O) groups is 4. The van der Waals surface area contributed by atoms with E-state index in [2.05, 4.69) is 11.4 Å². The van der Waals surface area contributed by atoms with Gasteiger partial charge < -0.3 is 14.6 Å². The van der Waals surface area contributed by atoms with Crippen LogP contribution in [-0.2, 0) is 28.7 Å². The van der Waals surface area contributed by atoms with Gasteiger partial charge in [0.05, 0.1) is 12.2 Å². The second-order valence-electron chi connectivity index (χ2n) is 9.76. The first-order chi connectivity index (χ1) is 16.6. The van der Waals surface area contributed by atoms with Crippen LogP contribution < -0.4 is 5.32 Å². The first-order valence-electron chi connectivity index (χ1n) is 12.4. The topological polar surface area (TPSA) is 119 Å². The van der Waals surface area contributed by atoms with Crippen LogP contribution in [0.2, 0.25) is 0 Å². The van der Waals surface area contributed by atoms with Gasteiger partial charge in [-0.1, -0.05) is 38.2 Å². The first kappa shape index (κ1) is 28.7. The summed E-state index contributed by atoms with van der Waals surface area (Å²) in [5, 5.41) is 12.6. The summed E-state index contributed by atoms with van der Waals surface area (Å²) < 4.78 is 11.3. The summed E-state index contributed by atoms with van der Waals surface area (Å²) in [5.41, 5.74) is 0.764. The molecule has 0 unspecified atom stereocenters. The van der Waals surface area contributed by atoms with Crippen LogP contribution >= 0.6 is 0 Å². The molecule has 194 valence electrons. The highest BCUT2D eigenvalue weighted by molar-refractivity contribution is 5.97. The van der Waals surface area contributed by atoms with Gasteiger partial charge >= 0.3 is 5.97 Å². The fourth-order valence-corrected chi connectivity index (χ4v) is 4.67. The van der Waals surface area contributed by atoms with Gasteiger partial charge in [0.25, 0.3) is 0 Å². The number of ether oxygens (including phenoxy) is 2. The Morgan fingerprint density at radius 1 is 1.23 bits per heavy atom. The van der Waals surface area contributed by atoms with Crippen molar-refractivity contribution < 1.29 is 33.8 Å². The number of methoxy groups -OCH3 is 1. The number of aliphatic hydroxyl groups is 1. The summed E-state index contributed by atoms with van der Waals surface area (Å²) in [6.07, 6.45) is 10.2. The molecule has 1 fully saturated rings. The Kier molecular flexibility index (Phi) is 11.5. The van der Waals surface area contributed by atoms with Crippen molar-refractivity contribution in [3.05, 3.63) is 36.0 Å². The number of nitrogens with one attached hydrogen (secondary N) is 1. The third-order valence-electron chi connectivity index (χ3n) is 6.51. The SMILES string of the molecule is CO[C@H]1/C=C/CC/C=C/C(=O)O[C@@H](/C(C)=C/[C@H](C)C(=O)C[C@H](O)CC2CC(=O)NC(=O)C2)[C@@H](C)C1. The van der Waals surface area contributed by atoms with E-state index in [1.165, 1.54) is 6.08 Å². The van der Waals surface area contributed by atoms with Crippen molar-refractivity contribution in [2.75, 3.05) is 7.11 Å². The average Bonchev–Trinajstić information content (AvgIpc) is 2.76. The summed E-state index contributed by atoms with van der Waals surface area (Å²) in [5.74, 6) is -2.10. The van der Waals surface area contributed by atoms with E-state index in [1.54, 1.807) is 26.2 Å². The number of allylic oxidation sites excluding steroid dienone is 3. The summed E-state index contributed by atoms with van der Waals surface area (Å²) in [6, 6.07) is 0. The maximum Gasteiger partial charge on any atom is 0.331 e. The molecule has 5 atom stereocenters. The maximum atomic E-state index is 12.8. The van der Waals surface area contributed by atoms with E-state index in [0.717, 1.165) is 18.4 Å². The summed E-state index contributed by atoms with van der Waals surface area (Å²) >= 11 is 0. The Bertz CT molecular complexity index is 844. The molecule has 2 amide bonds. The van der Waals surface area contributed by atoms with Crippen molar-refractivity contribution in [1.29, 1.82) is 0 Å². The van der Waals surface area contributed by atoms with E-state index in [4.69, 9.17) is 9.47 Å². The van der Waals surface area contributed by atoms with Gasteiger partial charge in [-0.3, -0.25) is 19.7 Å². The van der Waals surface area contributed by atoms with Gasteiger partial charge in [0.1, 0.15) is 11.9 Å². The summed E-state index contributed by atoms with van der Waals surface area (Å²) in [7, 11) is 1.65. The lowest BCUT2D eigenvalue weighted by Crippen LogP contribution is -2.39. The molecular weight excluding hydrogens is 450 g/mol. The Balaban J connectivity index is 2.05. The van der Waals surface area contributed by atoms with Crippen LogP contribution in [-0.4, -0.2) is 54.1 Å². The largest absolute Gasteiger partial charge is 0.454 e. The Morgan fingerprint density at radius 2 is 1.89 bits per heavy atom. The molecule has 0 radical (unpaired) electrons. The van der Waals surface area contributed by atoms with E-state index in [-0.39, 0.29) is 61.2 Å². The second-order valence-corrected chi connectivity index (χ2v) is 9.76. The van der Waals surface area contributed by atoms with Crippen molar-refractivity contribution in [2.45, 2.75) is 84.0 Å². The standard InChI is InChI=1S/C27H39NO7/c1-17(23(30)16-21(29)13-20-14-24(31)28-25(32)15-20)11-18(2)27-19(3)12-22(34-4)9-7-5-6-8-10-26(33)35-27/h7-11,17,19-22,27,29H,5-6,12-16H2,1-4H3,(H,28,31,32)/b9-7+,10-8+,18-11+/t17-,19-,21+,22-,27-/m0/s1. The molecule has 0 bridgehead atoms. The minimum atomic E-state index is -0.931. The van der Waals surface area contributed by atoms with E-state index in [0.29, 0.717) is 6.42 Å². The fraction of sp³-hybridized carbons (Fsp3) is 0.630. The van der Waals surface area contributed by atoms with Crippen LogP contribution in [0.1, 0.15) is 65.7 Å². The smallest absolute Gasteiger partial charge is 0.331 e. The van der Waals surface area contributed by atoms with Crippen molar-refractivity contribution in [3.63, 3.8) is 0 Å². The van der Waals surface area contributed by atoms with Gasteiger partial charge in [0, 0.05) is 38.4 Å². The molecule has 2 aliphatic heterocycles. The number of hydrogen-bond donors (Lipinski definition) is 2. The zero-order valence-electron chi connectivity index (χ0n) is 21.2. The van der Waals surface area contributed by atoms with Crippen LogP contribution in [0.4, 0.5) is 0 Å². The summed E-state index contributed by atoms with van der Waals surface area (Å²) in [6.45, 7) is 5.58. The number of cyclic esters (lactones) is 1. The molecule has 8 heteroatoms. The molecule has 0 aromatic rings. The molecule has 2 N–H and O–H groups in total. The molecule has 1 saturated heterocycles. The van der Waals surface area contributed by atoms with Crippen LogP contribution in [0.15, 0.2) is 36.0 Å². The molecular formula is C27H39NO7. The number of rotatable bonds is 8. The molecule has 0 aliphatic carbocycles. The highest BCUT2D eigenvalue weighted by Crippen LogP contribution is 2.26. The zero-order chi connectivity index (χ0) is 26.0. The van der Waals surface area contributed by atoms with Gasteiger partial charge in [-0.15, -0.1) is 0 Å². The van der Waals surface area contributed by atoms with Gasteiger partial charge in [-0.05, 0) is 50.0 Å². The number of ketones is 1. The van der Waals surface area contributed by atoms with Gasteiger partial charge in [-0.25, -0.2) is 4.79 Å². The van der Waals surface area contributed by atoms with E-state index in [1.807, 2.05) is 19.9 Å². The Labute approximate surface area is 207 Å². The highest BCUT2D eigenvalue weighted by atomic mass is 16.5. The van der Waals surface area contributed by atoms with Gasteiger partial charge in [0.15, 0.2) is 0 Å². The number of aliphatic hydroxyl groups excluding tert-OH is 1. The van der Waals surface area contributed by atoms with Crippen LogP contribution in [0.5, 0.6) is 0 Å². The van der Waals surface area contributed by atoms with E-state index < -0.39 is 24.1 Å². The number of amides is 2. The number of carbonyl (C=O) groups excluding carboxylic acids is 4. The lowest BCUT2D eigenvalue weighted by atomic mass is 9.87. The molecule has 0 saturated carbocycles. The first-order valence-corrected chi connectivity index (χ1v) is 12.4. The predicted octanol–water partition coefficient (Wildman–Crippen LogP) is 3.19. The Morgan fingerprint density at radius 3 is 2.54 bits per heavy atom. The third kappa shape index (κ3) is 9.90. The number of imide groups is 1. The lowest BCUT2D eigenvalue weighted by molar-refractivity contribution is -0.144. The van der Waals surface area contributed by atoms with Gasteiger partial charge in [0.2, 0.25) is 11.8 Å². The van der Waals surface area contributed by atoms with E-state index in [9.17, 15) is 24.3 Å². The van der Waals surface area contributed by atoms with Crippen LogP contribution in [0.25, 0.3) is 0 Å². The molecule has 0 aromatic carbocycles. The fourth-order valence-electron chi connectivity index (χ4n) is 4.67. The monoisotopic (exact) mass is 489 g/mol. The Hall–Kier alpha value is -2.58. The highest BCUT2D eigenvalue weighted by Gasteiger charge is 2.29. The van der Waals surface area contributed by atoms with Gasteiger partial charge in [-0.2, -0.15) is 0 Å². The third-order valence-corrected chi connectivity index (χ3v) is 6.51. The van der Waals surface area contributed by atoms with Crippen molar-refractivity contribution in [2.24, 2.45) is 17.8 Å². The van der Waals surface area contributed by atoms with Crippen LogP contribution in [0, 0.1) is 17.8 Å². The lowest BCUT2D eigenvalue weighted by Gasteiger charge is -2.27. The minimum absolute atomic E-state index is 0.0551. The molecule has 0 aromatic heterocycles. The second kappa shape index (κ2) is 14.1. The van der Waals surface area contributed by atoms with Crippen molar-refractivity contribution in [1.82, 2.24) is 5.32 Å². The molecule has 0 spiro atoms. The van der Waals surface area contributed by atoms with Crippen molar-refractivity contribution >= 4 is 23.6 Å². The summed E-state index contributed by atoms with van der Waals surface area (Å²) in [4.78, 5) is 48.2. The van der Waals surface area contributed by atoms with E-state index >= 15 is 0 Å². The normalized spacial score (nSPS) is 28.7. The number of esters is 1. The molecule has 2 rings (SSSR count). The van der Waals surface area contributed by atoms with Crippen molar-refractivity contribution in [3.8, 4) is 0 Å². The molecule has 2 aliphatic rings. The molecule has 35 heavy (non-hydrogen) atoms. The quantitative estimate of drug-likeness (QED) is 0.305. The predicted molar refractivity (Wildman–Crippen MR) is 131 cm³/mol. The maximum absolute atomic E-state index is 12.8. The molecule has 2 heterocycles. The number of piperidine rings is 1. The minimum Gasteiger partial charge on any atom is -0.454 e. The molecule has 8 nitrogen and oxygen atoms in total. The number of Topliss-reactive ketones (excluding diaryl/α,β-unsaturated/α-hetero) is 1.